The number of rotatable bonds is 6. The normalized spacial score (nSPS) is 37.9. The van der Waals surface area contributed by atoms with E-state index in [9.17, 15) is 9.90 Å². The highest BCUT2D eigenvalue weighted by Gasteiger charge is 2.65. The summed E-state index contributed by atoms with van der Waals surface area (Å²) in [5.74, 6) is 1.84. The Labute approximate surface area is 155 Å². The maximum absolute atomic E-state index is 13.6. The number of aliphatic hydroxyl groups is 1. The van der Waals surface area contributed by atoms with E-state index < -0.39 is 11.0 Å². The number of amides is 1. The molecule has 1 aromatic heterocycles. The third-order valence-corrected chi connectivity index (χ3v) is 7.18. The van der Waals surface area contributed by atoms with Crippen molar-refractivity contribution in [1.29, 1.82) is 0 Å². The van der Waals surface area contributed by atoms with Crippen molar-refractivity contribution in [1.82, 2.24) is 15.0 Å². The maximum atomic E-state index is 13.6. The zero-order valence-electron chi connectivity index (χ0n) is 16.3. The van der Waals surface area contributed by atoms with Crippen molar-refractivity contribution >= 4 is 5.91 Å². The average molecular weight is 361 g/mol. The molecule has 0 aliphatic heterocycles. The number of carbonyl (C=O) groups excluding carboxylic acids is 1. The summed E-state index contributed by atoms with van der Waals surface area (Å²) >= 11 is 0. The fourth-order valence-electron chi connectivity index (χ4n) is 6.54. The van der Waals surface area contributed by atoms with Crippen LogP contribution in [0.3, 0.4) is 0 Å². The maximum Gasteiger partial charge on any atom is 0.246 e. The lowest BCUT2D eigenvalue weighted by molar-refractivity contribution is -0.210. The van der Waals surface area contributed by atoms with E-state index in [1.807, 2.05) is 18.7 Å². The van der Waals surface area contributed by atoms with E-state index >= 15 is 0 Å². The van der Waals surface area contributed by atoms with E-state index in [4.69, 9.17) is 4.52 Å². The number of hydrogen-bond acceptors (Lipinski definition) is 5. The minimum absolute atomic E-state index is 0.142. The molecule has 1 N–H and O–H groups in total. The Morgan fingerprint density at radius 2 is 2.04 bits per heavy atom. The van der Waals surface area contributed by atoms with Crippen molar-refractivity contribution < 1.29 is 14.4 Å². The number of hydrogen-bond donors (Lipinski definition) is 1. The van der Waals surface area contributed by atoms with Crippen LogP contribution in [0.25, 0.3) is 0 Å². The molecule has 6 nitrogen and oxygen atoms in total. The van der Waals surface area contributed by atoms with Crippen LogP contribution >= 0.6 is 0 Å². The third-order valence-electron chi connectivity index (χ3n) is 7.18. The molecule has 1 aromatic rings. The van der Waals surface area contributed by atoms with Gasteiger partial charge in [0.25, 0.3) is 0 Å². The second-order valence-electron chi connectivity index (χ2n) is 9.14. The van der Waals surface area contributed by atoms with Crippen LogP contribution in [-0.4, -0.2) is 38.2 Å². The summed E-state index contributed by atoms with van der Waals surface area (Å²) in [6.45, 7) is 7.19. The van der Waals surface area contributed by atoms with Crippen LogP contribution in [0.1, 0.15) is 77.4 Å². The lowest BCUT2D eigenvalue weighted by atomic mass is 9.42. The van der Waals surface area contributed by atoms with E-state index in [1.165, 1.54) is 6.42 Å². The van der Waals surface area contributed by atoms with Crippen LogP contribution in [0, 0.1) is 16.7 Å². The fraction of sp³-hybridized carbons (Fsp3) is 0.850. The van der Waals surface area contributed by atoms with E-state index in [0.717, 1.165) is 38.5 Å². The average Bonchev–Trinajstić information content (AvgIpc) is 3.04. The molecule has 0 unspecified atom stereocenters. The second-order valence-corrected chi connectivity index (χ2v) is 9.14. The summed E-state index contributed by atoms with van der Waals surface area (Å²) in [5, 5.41) is 15.1. The van der Waals surface area contributed by atoms with Crippen LogP contribution < -0.4 is 0 Å². The number of aryl methyl sites for hydroxylation is 1. The van der Waals surface area contributed by atoms with E-state index in [-0.39, 0.29) is 11.3 Å². The lowest BCUT2D eigenvalue weighted by Gasteiger charge is -2.64. The molecule has 26 heavy (non-hydrogen) atoms. The summed E-state index contributed by atoms with van der Waals surface area (Å²) in [7, 11) is 0. The van der Waals surface area contributed by atoms with Gasteiger partial charge in [-0.2, -0.15) is 4.98 Å². The van der Waals surface area contributed by atoms with Crippen molar-refractivity contribution in [2.75, 3.05) is 6.54 Å². The van der Waals surface area contributed by atoms with E-state index in [0.29, 0.717) is 37.1 Å². The highest BCUT2D eigenvalue weighted by Crippen LogP contribution is 2.68. The second kappa shape index (κ2) is 6.04. The van der Waals surface area contributed by atoms with Crippen LogP contribution in [0.2, 0.25) is 0 Å². The van der Waals surface area contributed by atoms with Gasteiger partial charge in [0.05, 0.1) is 17.6 Å². The van der Waals surface area contributed by atoms with Crippen LogP contribution in [0.4, 0.5) is 0 Å². The molecule has 0 aromatic carbocycles. The zero-order chi connectivity index (χ0) is 18.6. The molecule has 4 aliphatic rings. The highest BCUT2D eigenvalue weighted by molar-refractivity contribution is 5.83. The Kier molecular flexibility index (Phi) is 4.17. The minimum atomic E-state index is -0.648. The number of carbonyl (C=O) groups is 1. The molecule has 0 radical (unpaired) electrons. The van der Waals surface area contributed by atoms with Crippen molar-refractivity contribution in [3.05, 3.63) is 11.7 Å². The first-order valence-electron chi connectivity index (χ1n) is 10.2. The van der Waals surface area contributed by atoms with Gasteiger partial charge in [0.15, 0.2) is 5.82 Å². The Balaban J connectivity index is 1.59. The number of aromatic nitrogens is 2. The molecular formula is C20H31N3O3. The molecule has 6 heteroatoms. The molecule has 5 rings (SSSR count). The van der Waals surface area contributed by atoms with Gasteiger partial charge in [0, 0.05) is 13.0 Å². The topological polar surface area (TPSA) is 79.5 Å². The predicted octanol–water partition coefficient (Wildman–Crippen LogP) is 3.09. The molecule has 1 heterocycles. The van der Waals surface area contributed by atoms with Gasteiger partial charge in [0.2, 0.25) is 11.8 Å². The summed E-state index contributed by atoms with van der Waals surface area (Å²) in [5.41, 5.74) is -0.915. The smallest absolute Gasteiger partial charge is 0.246 e. The molecule has 0 spiro atoms. The van der Waals surface area contributed by atoms with Crippen molar-refractivity contribution in [2.45, 2.75) is 84.3 Å². The first-order valence-corrected chi connectivity index (χ1v) is 10.2. The van der Waals surface area contributed by atoms with Gasteiger partial charge in [-0.1, -0.05) is 25.4 Å². The molecule has 4 bridgehead atoms. The van der Waals surface area contributed by atoms with Crippen LogP contribution in [0.5, 0.6) is 0 Å². The van der Waals surface area contributed by atoms with Gasteiger partial charge in [-0.15, -0.1) is 0 Å². The first-order chi connectivity index (χ1) is 12.3. The SMILES string of the molecule is CCc1noc(CN(CC)C(=O)[C@@]23C[C@H]4C[C@@](O)(C[C@@](CC)(C4)C2)C3)n1. The van der Waals surface area contributed by atoms with Gasteiger partial charge < -0.3 is 14.5 Å². The van der Waals surface area contributed by atoms with Crippen LogP contribution in [-0.2, 0) is 17.8 Å². The van der Waals surface area contributed by atoms with Gasteiger partial charge in [-0.3, -0.25) is 4.79 Å². The first kappa shape index (κ1) is 18.0. The Hall–Kier alpha value is -1.43. The highest BCUT2D eigenvalue weighted by atomic mass is 16.5. The van der Waals surface area contributed by atoms with Crippen molar-refractivity contribution in [3.63, 3.8) is 0 Å². The molecule has 0 saturated heterocycles. The quantitative estimate of drug-likeness (QED) is 0.842. The Bertz CT molecular complexity index is 704. The summed E-state index contributed by atoms with van der Waals surface area (Å²) in [4.78, 5) is 19.9. The van der Waals surface area contributed by atoms with Gasteiger partial charge in [0.1, 0.15) is 0 Å². The molecule has 4 fully saturated rings. The summed E-state index contributed by atoms with van der Waals surface area (Å²) < 4.78 is 5.31. The molecule has 4 atom stereocenters. The zero-order valence-corrected chi connectivity index (χ0v) is 16.3. The molecule has 144 valence electrons. The summed E-state index contributed by atoms with van der Waals surface area (Å²) in [6.07, 6.45) is 7.17. The molecule has 4 aliphatic carbocycles. The standard InChI is InChI=1S/C20H31N3O3/c1-4-15-21-16(26-22-15)10-23(6-3)17(24)19-8-14-7-18(5-2,11-19)12-20(25,9-14)13-19/h14,25H,4-13H2,1-3H3/t14-,18-,19-,20+/m0/s1. The minimum Gasteiger partial charge on any atom is -0.390 e. The molecule has 4 saturated carbocycles. The lowest BCUT2D eigenvalue weighted by Crippen LogP contribution is -2.64. The van der Waals surface area contributed by atoms with Gasteiger partial charge >= 0.3 is 0 Å². The van der Waals surface area contributed by atoms with Gasteiger partial charge in [-0.25, -0.2) is 0 Å². The molecule has 1 amide bonds. The monoisotopic (exact) mass is 361 g/mol. The summed E-state index contributed by atoms with van der Waals surface area (Å²) in [6, 6.07) is 0. The van der Waals surface area contributed by atoms with Gasteiger partial charge in [-0.05, 0) is 56.8 Å². The van der Waals surface area contributed by atoms with E-state index in [1.54, 1.807) is 0 Å². The Morgan fingerprint density at radius 3 is 2.65 bits per heavy atom. The largest absolute Gasteiger partial charge is 0.390 e. The van der Waals surface area contributed by atoms with E-state index in [2.05, 4.69) is 17.1 Å². The van der Waals surface area contributed by atoms with Crippen molar-refractivity contribution in [2.24, 2.45) is 16.7 Å². The third kappa shape index (κ3) is 2.77. The van der Waals surface area contributed by atoms with Crippen LogP contribution in [0.15, 0.2) is 4.52 Å². The number of nitrogens with zero attached hydrogens (tertiary/aromatic N) is 3. The van der Waals surface area contributed by atoms with Crippen molar-refractivity contribution in [3.8, 4) is 0 Å². The fourth-order valence-corrected chi connectivity index (χ4v) is 6.54. The molecular weight excluding hydrogens is 330 g/mol. The predicted molar refractivity (Wildman–Crippen MR) is 96.1 cm³/mol. The Morgan fingerprint density at radius 1 is 1.23 bits per heavy atom.